The molecular formula is C52H91O9P. The molecule has 0 saturated heterocycles. The van der Waals surface area contributed by atoms with E-state index >= 15 is 0 Å². The lowest BCUT2D eigenvalue weighted by atomic mass is 10.1. The minimum Gasteiger partial charge on any atom is -0.457 e. The molecule has 10 heteroatoms. The molecule has 358 valence electrons. The normalized spacial score (nSPS) is 14.6. The number of hydrogen-bond acceptors (Lipinski definition) is 8. The van der Waals surface area contributed by atoms with E-state index in [0.717, 1.165) is 57.8 Å². The lowest BCUT2D eigenvalue weighted by Crippen LogP contribution is -2.29. The van der Waals surface area contributed by atoms with E-state index in [1.807, 2.05) is 12.2 Å². The third-order valence-electron chi connectivity index (χ3n) is 10.1. The van der Waals surface area contributed by atoms with Gasteiger partial charge >= 0.3 is 13.8 Å². The summed E-state index contributed by atoms with van der Waals surface area (Å²) < 4.78 is 33.4. The van der Waals surface area contributed by atoms with Crippen LogP contribution in [0.4, 0.5) is 0 Å². The molecule has 3 unspecified atom stereocenters. The van der Waals surface area contributed by atoms with E-state index in [1.165, 1.54) is 109 Å². The maximum atomic E-state index is 12.6. The Kier molecular flexibility index (Phi) is 46.3. The molecule has 0 aliphatic rings. The molecule has 0 heterocycles. The molecule has 3 atom stereocenters. The minimum absolute atomic E-state index is 0.0139. The van der Waals surface area contributed by atoms with Crippen molar-refractivity contribution in [2.24, 2.45) is 0 Å². The van der Waals surface area contributed by atoms with Crippen molar-refractivity contribution in [2.75, 3.05) is 33.0 Å². The Bertz CT molecular complexity index is 1240. The average molecular weight is 891 g/mol. The van der Waals surface area contributed by atoms with Crippen LogP contribution in [0.1, 0.15) is 194 Å². The minimum atomic E-state index is -4.55. The van der Waals surface area contributed by atoms with Gasteiger partial charge in [0.05, 0.1) is 26.4 Å². The van der Waals surface area contributed by atoms with E-state index < -0.39 is 45.8 Å². The highest BCUT2D eigenvalue weighted by Gasteiger charge is 2.26. The van der Waals surface area contributed by atoms with Crippen LogP contribution in [0.3, 0.4) is 0 Å². The Morgan fingerprint density at radius 3 is 1.39 bits per heavy atom. The number of hydrogen-bond donors (Lipinski definition) is 3. The van der Waals surface area contributed by atoms with Crippen molar-refractivity contribution < 1.29 is 43.0 Å². The third kappa shape index (κ3) is 47.1. The number of ether oxygens (including phenoxy) is 2. The van der Waals surface area contributed by atoms with Gasteiger partial charge in [-0.1, -0.05) is 195 Å². The monoisotopic (exact) mass is 891 g/mol. The van der Waals surface area contributed by atoms with Crippen LogP contribution in [-0.2, 0) is 27.9 Å². The number of rotatable bonds is 46. The van der Waals surface area contributed by atoms with E-state index in [9.17, 15) is 19.4 Å². The number of phosphoric ester groups is 1. The van der Waals surface area contributed by atoms with Crippen LogP contribution in [0.15, 0.2) is 85.1 Å². The summed E-state index contributed by atoms with van der Waals surface area (Å²) in [7, 11) is -4.55. The zero-order valence-electron chi connectivity index (χ0n) is 39.3. The summed E-state index contributed by atoms with van der Waals surface area (Å²) in [5, 5.41) is 18.4. The number of aliphatic hydroxyl groups is 2. The van der Waals surface area contributed by atoms with Gasteiger partial charge in [-0.3, -0.25) is 13.8 Å². The molecule has 0 radical (unpaired) electrons. The van der Waals surface area contributed by atoms with Crippen molar-refractivity contribution in [3.05, 3.63) is 85.1 Å². The van der Waals surface area contributed by atoms with Crippen molar-refractivity contribution in [1.29, 1.82) is 0 Å². The second-order valence-corrected chi connectivity index (χ2v) is 17.5. The Morgan fingerprint density at radius 2 is 0.919 bits per heavy atom. The van der Waals surface area contributed by atoms with Crippen molar-refractivity contribution in [1.82, 2.24) is 0 Å². The number of aliphatic hydroxyl groups excluding tert-OH is 2. The molecule has 0 saturated carbocycles. The highest BCUT2D eigenvalue weighted by molar-refractivity contribution is 7.47. The smallest absolute Gasteiger partial charge is 0.457 e. The SMILES string of the molecule is CC/C=C\C/C=C\C/C=C\C/C=C\C/C=C\C/C=C\CCC(=O)OC(COCCCCCCCCCCCC/C=C\CCCCCCCCCC)COP(=O)(O)OCC(O)CO. The molecule has 0 fully saturated rings. The summed E-state index contributed by atoms with van der Waals surface area (Å²) in [6, 6.07) is 0. The van der Waals surface area contributed by atoms with Crippen LogP contribution >= 0.6 is 7.82 Å². The summed E-state index contributed by atoms with van der Waals surface area (Å²) in [6.45, 7) is 3.30. The summed E-state index contributed by atoms with van der Waals surface area (Å²) in [4.78, 5) is 22.6. The quantitative estimate of drug-likeness (QED) is 0.0236. The Labute approximate surface area is 379 Å². The molecule has 9 nitrogen and oxygen atoms in total. The Hall–Kier alpha value is -2.36. The summed E-state index contributed by atoms with van der Waals surface area (Å²) in [5.74, 6) is -0.465. The topological polar surface area (TPSA) is 132 Å². The second kappa shape index (κ2) is 48.1. The summed E-state index contributed by atoms with van der Waals surface area (Å²) >= 11 is 0. The first-order valence-electron chi connectivity index (χ1n) is 24.6. The molecule has 0 aliphatic carbocycles. The van der Waals surface area contributed by atoms with E-state index in [-0.39, 0.29) is 13.0 Å². The first kappa shape index (κ1) is 59.6. The van der Waals surface area contributed by atoms with E-state index in [2.05, 4.69) is 86.8 Å². The molecule has 0 aromatic rings. The highest BCUT2D eigenvalue weighted by atomic mass is 31.2. The van der Waals surface area contributed by atoms with Crippen LogP contribution in [0.5, 0.6) is 0 Å². The molecule has 0 rings (SSSR count). The fourth-order valence-electron chi connectivity index (χ4n) is 6.38. The molecular weight excluding hydrogens is 800 g/mol. The highest BCUT2D eigenvalue weighted by Crippen LogP contribution is 2.43. The first-order valence-corrected chi connectivity index (χ1v) is 26.1. The van der Waals surface area contributed by atoms with Crippen LogP contribution in [0, 0.1) is 0 Å². The fraction of sp³-hybridized carbons (Fsp3) is 0.712. The maximum Gasteiger partial charge on any atom is 0.472 e. The standard InChI is InChI=1S/C52H91O9P/c1-3-5-7-9-11-13-15-17-19-21-23-24-25-27-29-31-33-35-37-39-41-43-45-58-48-51(49-60-62(56,57)59-47-50(54)46-53)61-52(55)44-42-40-38-36-34-32-30-28-26-22-20-18-16-14-12-10-8-6-4-2/h6,8,12,14,18,20-21,23,26,28,32,34,38,40,50-51,53-54H,3-5,7,9-11,13,15-17,19,22,24-25,27,29-31,33,35-37,39,41-49H2,1-2H3,(H,56,57)/b8-6-,14-12-,20-18-,23-21-,28-26-,34-32-,40-38-. The summed E-state index contributed by atoms with van der Waals surface area (Å²) in [5.41, 5.74) is 0. The molecule has 62 heavy (non-hydrogen) atoms. The number of unbranched alkanes of at least 4 members (excludes halogenated alkanes) is 18. The van der Waals surface area contributed by atoms with Gasteiger partial charge in [0.15, 0.2) is 0 Å². The zero-order valence-corrected chi connectivity index (χ0v) is 40.2. The van der Waals surface area contributed by atoms with Gasteiger partial charge in [0, 0.05) is 13.0 Å². The lowest BCUT2D eigenvalue weighted by Gasteiger charge is -2.20. The van der Waals surface area contributed by atoms with Crippen molar-refractivity contribution >= 4 is 13.8 Å². The Morgan fingerprint density at radius 1 is 0.516 bits per heavy atom. The molecule has 0 aliphatic heterocycles. The van der Waals surface area contributed by atoms with E-state index in [4.69, 9.17) is 23.6 Å². The summed E-state index contributed by atoms with van der Waals surface area (Å²) in [6.07, 6.45) is 60.0. The molecule has 0 aromatic heterocycles. The van der Waals surface area contributed by atoms with Crippen molar-refractivity contribution in [2.45, 2.75) is 206 Å². The van der Waals surface area contributed by atoms with Crippen LogP contribution in [0.2, 0.25) is 0 Å². The predicted molar refractivity (Wildman–Crippen MR) is 260 cm³/mol. The molecule has 3 N–H and O–H groups in total. The fourth-order valence-corrected chi connectivity index (χ4v) is 7.17. The van der Waals surface area contributed by atoms with E-state index in [1.54, 1.807) is 0 Å². The lowest BCUT2D eigenvalue weighted by molar-refractivity contribution is -0.154. The third-order valence-corrected chi connectivity index (χ3v) is 11.0. The van der Waals surface area contributed by atoms with Gasteiger partial charge in [0.1, 0.15) is 12.2 Å². The molecule has 0 aromatic carbocycles. The zero-order chi connectivity index (χ0) is 45.3. The second-order valence-electron chi connectivity index (χ2n) is 16.1. The number of esters is 1. The number of allylic oxidation sites excluding steroid dienone is 14. The van der Waals surface area contributed by atoms with Gasteiger partial charge in [0.2, 0.25) is 0 Å². The predicted octanol–water partition coefficient (Wildman–Crippen LogP) is 14.3. The molecule has 0 spiro atoms. The maximum absolute atomic E-state index is 12.6. The van der Waals surface area contributed by atoms with Crippen LogP contribution in [0.25, 0.3) is 0 Å². The van der Waals surface area contributed by atoms with Gasteiger partial charge in [-0.2, -0.15) is 0 Å². The van der Waals surface area contributed by atoms with Crippen LogP contribution in [-0.4, -0.2) is 66.3 Å². The molecule has 0 bridgehead atoms. The van der Waals surface area contributed by atoms with Crippen LogP contribution < -0.4 is 0 Å². The number of carbonyl (C=O) groups excluding carboxylic acids is 1. The molecule has 0 amide bonds. The first-order chi connectivity index (χ1) is 30.3. The Balaban J connectivity index is 4.21. The van der Waals surface area contributed by atoms with Gasteiger partial charge in [-0.25, -0.2) is 4.57 Å². The number of carbonyl (C=O) groups is 1. The van der Waals surface area contributed by atoms with E-state index in [0.29, 0.717) is 13.0 Å². The van der Waals surface area contributed by atoms with Gasteiger partial charge in [-0.15, -0.1) is 0 Å². The van der Waals surface area contributed by atoms with Gasteiger partial charge in [-0.05, 0) is 77.0 Å². The number of phosphoric acid groups is 1. The van der Waals surface area contributed by atoms with Gasteiger partial charge in [0.25, 0.3) is 0 Å². The van der Waals surface area contributed by atoms with Crippen molar-refractivity contribution in [3.63, 3.8) is 0 Å². The van der Waals surface area contributed by atoms with Gasteiger partial charge < -0.3 is 24.6 Å². The average Bonchev–Trinajstić information content (AvgIpc) is 3.26. The van der Waals surface area contributed by atoms with Crippen molar-refractivity contribution in [3.8, 4) is 0 Å². The largest absolute Gasteiger partial charge is 0.472 e.